The maximum Gasteiger partial charge on any atom is 0.260 e. The fraction of sp³-hybridized carbons (Fsp3) is 0.500. The largest absolute Gasteiger partial charge is 0.385 e. The number of hydrogen-bond acceptors (Lipinski definition) is 8. The summed E-state index contributed by atoms with van der Waals surface area (Å²) < 4.78 is 8.68. The number of carbonyl (C=O) groups is 1. The number of carbonyl (C=O) groups excluding carboxylic acids is 1. The van der Waals surface area contributed by atoms with Crippen molar-refractivity contribution in [1.29, 1.82) is 0 Å². The van der Waals surface area contributed by atoms with Gasteiger partial charge < -0.3 is 20.7 Å². The molecule has 1 aliphatic heterocycles. The van der Waals surface area contributed by atoms with Crippen LogP contribution in [0.4, 0.5) is 5.82 Å². The molecule has 1 amide bonds. The molecular formula is C16H25N5O2S2. The van der Waals surface area contributed by atoms with Crippen LogP contribution in [0.25, 0.3) is 0 Å². The molecule has 0 spiro atoms. The Kier molecular flexibility index (Phi) is 7.73. The van der Waals surface area contributed by atoms with Crippen molar-refractivity contribution >= 4 is 36.3 Å². The average Bonchev–Trinajstić information content (AvgIpc) is 2.64. The Balaban J connectivity index is 2.24. The number of rotatable bonds is 2. The van der Waals surface area contributed by atoms with E-state index in [2.05, 4.69) is 27.7 Å². The standard InChI is InChI=1S/C16H25N5O2S2/c1-3-21-9-12(10-24)23-8-7-18-13-5-4-6-14(19-13)25-20-16(22)11(2)15(21)17/h4-6,12,24H,3,7-10,17H2,1-2H3,(H,18,19)(H,20,22)/b15-11-. The van der Waals surface area contributed by atoms with Crippen LogP contribution in [0.2, 0.25) is 0 Å². The van der Waals surface area contributed by atoms with E-state index < -0.39 is 0 Å². The van der Waals surface area contributed by atoms with E-state index >= 15 is 0 Å². The first-order valence-electron chi connectivity index (χ1n) is 8.17. The zero-order valence-corrected chi connectivity index (χ0v) is 16.2. The van der Waals surface area contributed by atoms with E-state index in [1.54, 1.807) is 6.92 Å². The zero-order chi connectivity index (χ0) is 18.2. The fourth-order valence-corrected chi connectivity index (χ4v) is 3.17. The molecule has 2 bridgehead atoms. The van der Waals surface area contributed by atoms with Gasteiger partial charge in [-0.3, -0.25) is 9.52 Å². The molecule has 0 aromatic carbocycles. The monoisotopic (exact) mass is 383 g/mol. The minimum absolute atomic E-state index is 0.0849. The van der Waals surface area contributed by atoms with Crippen LogP contribution in [0.5, 0.6) is 0 Å². The quantitative estimate of drug-likeness (QED) is 0.454. The van der Waals surface area contributed by atoms with E-state index in [1.807, 2.05) is 30.0 Å². The molecule has 1 aromatic rings. The lowest BCUT2D eigenvalue weighted by Crippen LogP contribution is -2.39. The Morgan fingerprint density at radius 1 is 1.52 bits per heavy atom. The van der Waals surface area contributed by atoms with E-state index in [1.165, 1.54) is 11.9 Å². The molecule has 1 aliphatic rings. The second-order valence-electron chi connectivity index (χ2n) is 5.55. The number of pyridine rings is 1. The van der Waals surface area contributed by atoms with Crippen molar-refractivity contribution in [3.63, 3.8) is 0 Å². The van der Waals surface area contributed by atoms with Crippen molar-refractivity contribution in [1.82, 2.24) is 14.6 Å². The minimum atomic E-state index is -0.237. The highest BCUT2D eigenvalue weighted by Gasteiger charge is 2.18. The van der Waals surface area contributed by atoms with Crippen molar-refractivity contribution in [2.75, 3.05) is 37.3 Å². The predicted molar refractivity (Wildman–Crippen MR) is 104 cm³/mol. The number of amides is 1. The van der Waals surface area contributed by atoms with Gasteiger partial charge in [0.25, 0.3) is 5.91 Å². The van der Waals surface area contributed by atoms with Crippen molar-refractivity contribution in [2.45, 2.75) is 25.0 Å². The van der Waals surface area contributed by atoms with Gasteiger partial charge in [0, 0.05) is 37.3 Å². The van der Waals surface area contributed by atoms with E-state index in [0.29, 0.717) is 48.4 Å². The molecule has 1 aromatic heterocycles. The normalized spacial score (nSPS) is 23.2. The zero-order valence-electron chi connectivity index (χ0n) is 14.5. The van der Waals surface area contributed by atoms with Gasteiger partial charge in [-0.1, -0.05) is 6.07 Å². The number of ether oxygens (including phenoxy) is 1. The summed E-state index contributed by atoms with van der Waals surface area (Å²) in [6.45, 7) is 6.13. The summed E-state index contributed by atoms with van der Waals surface area (Å²) in [4.78, 5) is 18.8. The molecule has 0 fully saturated rings. The average molecular weight is 384 g/mol. The Bertz CT molecular complexity index is 626. The van der Waals surface area contributed by atoms with Gasteiger partial charge in [0.05, 0.1) is 18.3 Å². The number of thiol groups is 1. The number of aromatic nitrogens is 1. The highest BCUT2D eigenvalue weighted by atomic mass is 32.2. The second kappa shape index (κ2) is 9.79. The van der Waals surface area contributed by atoms with Crippen LogP contribution in [0.15, 0.2) is 34.6 Å². The third-order valence-electron chi connectivity index (χ3n) is 3.81. The molecule has 138 valence electrons. The second-order valence-corrected chi connectivity index (χ2v) is 6.74. The van der Waals surface area contributed by atoms with Crippen molar-refractivity contribution in [3.05, 3.63) is 29.6 Å². The van der Waals surface area contributed by atoms with Crippen LogP contribution >= 0.6 is 24.6 Å². The Hall–Kier alpha value is -1.58. The smallest absolute Gasteiger partial charge is 0.260 e. The number of nitrogens with zero attached hydrogens (tertiary/aromatic N) is 2. The number of hydrogen-bond donors (Lipinski definition) is 4. The van der Waals surface area contributed by atoms with Gasteiger partial charge in [-0.2, -0.15) is 12.6 Å². The fourth-order valence-electron chi connectivity index (χ4n) is 2.31. The van der Waals surface area contributed by atoms with E-state index in [9.17, 15) is 4.79 Å². The lowest BCUT2D eigenvalue weighted by molar-refractivity contribution is -0.115. The number of fused-ring (bicyclic) bond motifs is 2. The Morgan fingerprint density at radius 2 is 2.32 bits per heavy atom. The molecular weight excluding hydrogens is 358 g/mol. The van der Waals surface area contributed by atoms with Gasteiger partial charge in [0.15, 0.2) is 0 Å². The lowest BCUT2D eigenvalue weighted by Gasteiger charge is -2.28. The molecule has 1 unspecified atom stereocenters. The number of nitrogens with one attached hydrogen (secondary N) is 2. The van der Waals surface area contributed by atoms with Gasteiger partial charge in [-0.05, 0) is 26.0 Å². The van der Waals surface area contributed by atoms with Crippen molar-refractivity contribution in [2.24, 2.45) is 5.73 Å². The number of likely N-dealkylation sites (N-methyl/N-ethyl adjacent to an activating group) is 1. The van der Waals surface area contributed by atoms with Gasteiger partial charge in [0.2, 0.25) is 0 Å². The molecule has 9 heteroatoms. The summed E-state index contributed by atoms with van der Waals surface area (Å²) in [7, 11) is 0. The van der Waals surface area contributed by atoms with Crippen LogP contribution in [0.1, 0.15) is 13.8 Å². The highest BCUT2D eigenvalue weighted by Crippen LogP contribution is 2.16. The van der Waals surface area contributed by atoms with Gasteiger partial charge in [0.1, 0.15) is 16.7 Å². The van der Waals surface area contributed by atoms with E-state index in [4.69, 9.17) is 10.5 Å². The maximum absolute atomic E-state index is 12.4. The number of anilines is 1. The molecule has 0 saturated heterocycles. The first kappa shape index (κ1) is 19.7. The molecule has 0 saturated carbocycles. The molecule has 1 atom stereocenters. The molecule has 2 heterocycles. The van der Waals surface area contributed by atoms with Crippen LogP contribution < -0.4 is 15.8 Å². The van der Waals surface area contributed by atoms with Gasteiger partial charge >= 0.3 is 0 Å². The van der Waals surface area contributed by atoms with Crippen LogP contribution in [0, 0.1) is 0 Å². The first-order chi connectivity index (χ1) is 12.0. The summed E-state index contributed by atoms with van der Waals surface area (Å²) in [6, 6.07) is 5.60. The van der Waals surface area contributed by atoms with E-state index in [0.717, 1.165) is 5.82 Å². The summed E-state index contributed by atoms with van der Waals surface area (Å²) in [5.74, 6) is 1.52. The molecule has 0 aliphatic carbocycles. The maximum atomic E-state index is 12.4. The van der Waals surface area contributed by atoms with Crippen molar-refractivity contribution in [3.8, 4) is 0 Å². The van der Waals surface area contributed by atoms with Crippen LogP contribution in [-0.4, -0.2) is 53.9 Å². The third kappa shape index (κ3) is 5.72. The van der Waals surface area contributed by atoms with Crippen LogP contribution in [-0.2, 0) is 9.53 Å². The molecule has 7 nitrogen and oxygen atoms in total. The summed E-state index contributed by atoms with van der Waals surface area (Å²) in [5, 5.41) is 3.91. The van der Waals surface area contributed by atoms with Gasteiger partial charge in [-0.15, -0.1) is 0 Å². The molecule has 25 heavy (non-hydrogen) atoms. The summed E-state index contributed by atoms with van der Waals surface area (Å²) in [5.41, 5.74) is 6.68. The Morgan fingerprint density at radius 3 is 3.04 bits per heavy atom. The molecule has 4 N–H and O–H groups in total. The van der Waals surface area contributed by atoms with Gasteiger partial charge in [-0.25, -0.2) is 4.98 Å². The first-order valence-corrected chi connectivity index (χ1v) is 9.62. The predicted octanol–water partition coefficient (Wildman–Crippen LogP) is 1.46. The minimum Gasteiger partial charge on any atom is -0.385 e. The molecule has 0 radical (unpaired) electrons. The molecule has 2 rings (SSSR count). The number of nitrogens with two attached hydrogens (primary N) is 1. The lowest BCUT2D eigenvalue weighted by atomic mass is 10.2. The SMILES string of the molecule is CCN1CC(CS)OCCNc2cccc(n2)SNC(=O)/C(C)=C\1N. The summed E-state index contributed by atoms with van der Waals surface area (Å²) in [6.07, 6.45) is -0.0849. The third-order valence-corrected chi connectivity index (χ3v) is 4.94. The Labute approximate surface area is 158 Å². The highest BCUT2D eigenvalue weighted by molar-refractivity contribution is 7.97. The van der Waals surface area contributed by atoms with Crippen LogP contribution in [0.3, 0.4) is 0 Å². The summed E-state index contributed by atoms with van der Waals surface area (Å²) >= 11 is 5.53. The topological polar surface area (TPSA) is 92.5 Å². The van der Waals surface area contributed by atoms with Crippen molar-refractivity contribution < 1.29 is 9.53 Å². The van der Waals surface area contributed by atoms with E-state index in [-0.39, 0.29) is 12.0 Å².